The van der Waals surface area contributed by atoms with Crippen LogP contribution < -0.4 is 47.0 Å². The quantitative estimate of drug-likeness (QED) is 0.0362. The lowest BCUT2D eigenvalue weighted by atomic mass is 9.96. The molecule has 4 aliphatic rings. The number of aryl methyl sites for hydroxylation is 2. The highest BCUT2D eigenvalue weighted by Crippen LogP contribution is 2.38. The van der Waals surface area contributed by atoms with Crippen LogP contribution >= 0.6 is 0 Å². The lowest BCUT2D eigenvalue weighted by Crippen LogP contribution is -2.33. The van der Waals surface area contributed by atoms with Gasteiger partial charge in [0.15, 0.2) is 34.2 Å². The number of carboxylic acids is 1. The fourth-order valence-electron chi connectivity index (χ4n) is 13.2. The SMILES string of the molecule is COc1cc(-c2cnc(N)c(-c3ccc(CC(=O)c4cn(CC5CCOCC5)cc(-c5ccc(C)cc5)c4=O)cc3)c2)ccc1OC[C@H]1COCCO1.COc1cc(-c2cnc(N)c(-c3ccc(N)cc3)c2)ccc1OC[C@H]1COCCO1.Cc1ccc(-c2cn(CC3CCOCC3)cc(C(=O)O)c2=O)cc1. The number of ketones is 1. The van der Waals surface area contributed by atoms with Crippen molar-refractivity contribution in [2.75, 3.05) is 111 Å². The van der Waals surface area contributed by atoms with Crippen LogP contribution in [0.4, 0.5) is 17.3 Å². The summed E-state index contributed by atoms with van der Waals surface area (Å²) in [5.41, 5.74) is 30.9. The van der Waals surface area contributed by atoms with Crippen molar-refractivity contribution in [3.8, 4) is 89.8 Å². The predicted octanol–water partition coefficient (Wildman–Crippen LogP) is 13.1. The molecule has 10 aromatic rings. The Labute approximate surface area is 621 Å². The van der Waals surface area contributed by atoms with E-state index in [1.165, 1.54) is 6.20 Å². The number of nitrogens with two attached hydrogens (primary N) is 3. The molecule has 556 valence electrons. The van der Waals surface area contributed by atoms with Crippen molar-refractivity contribution < 1.29 is 62.1 Å². The van der Waals surface area contributed by atoms with Crippen molar-refractivity contribution in [3.63, 3.8) is 0 Å². The largest absolute Gasteiger partial charge is 0.493 e. The molecule has 0 saturated carbocycles. The number of hydrogen-bond acceptors (Lipinski definition) is 19. The van der Waals surface area contributed by atoms with Crippen LogP contribution in [0.1, 0.15) is 63.1 Å². The second kappa shape index (κ2) is 36.3. The molecule has 0 spiro atoms. The van der Waals surface area contributed by atoms with Gasteiger partial charge in [0, 0.05) is 122 Å². The molecule has 0 radical (unpaired) electrons. The van der Waals surface area contributed by atoms with Crippen LogP contribution in [0.2, 0.25) is 0 Å². The summed E-state index contributed by atoms with van der Waals surface area (Å²) < 4.78 is 60.1. The van der Waals surface area contributed by atoms with E-state index in [-0.39, 0.29) is 41.0 Å². The molecule has 8 heterocycles. The van der Waals surface area contributed by atoms with Crippen molar-refractivity contribution in [2.24, 2.45) is 11.8 Å². The lowest BCUT2D eigenvalue weighted by Gasteiger charge is -2.23. The third-order valence-electron chi connectivity index (χ3n) is 19.3. The number of carbonyl (C=O) groups is 2. The highest BCUT2D eigenvalue weighted by molar-refractivity contribution is 5.98. The maximum atomic E-state index is 13.8. The molecule has 6 aromatic carbocycles. The van der Waals surface area contributed by atoms with Gasteiger partial charge < -0.3 is 78.8 Å². The van der Waals surface area contributed by atoms with E-state index in [2.05, 4.69) is 9.97 Å². The average Bonchev–Trinajstić information content (AvgIpc) is 0.804. The van der Waals surface area contributed by atoms with Crippen molar-refractivity contribution >= 4 is 29.1 Å². The Balaban J connectivity index is 0.000000167. The third kappa shape index (κ3) is 19.9. The van der Waals surface area contributed by atoms with Gasteiger partial charge in [-0.2, -0.15) is 0 Å². The second-order valence-electron chi connectivity index (χ2n) is 27.1. The molecule has 107 heavy (non-hydrogen) atoms. The van der Waals surface area contributed by atoms with Crippen LogP contribution in [-0.2, 0) is 47.9 Å². The van der Waals surface area contributed by atoms with Crippen LogP contribution in [0.5, 0.6) is 23.0 Å². The van der Waals surface area contributed by atoms with E-state index in [1.54, 1.807) is 39.0 Å². The molecule has 0 aliphatic carbocycles. The number of Topliss-reactive ketones (excluding diaryl/α,β-unsaturated/α-hetero) is 1. The number of aromatic nitrogens is 4. The van der Waals surface area contributed by atoms with Crippen molar-refractivity contribution in [1.82, 2.24) is 19.1 Å². The monoisotopic (exact) mass is 1450 g/mol. The van der Waals surface area contributed by atoms with Crippen LogP contribution in [0.25, 0.3) is 66.8 Å². The van der Waals surface area contributed by atoms with Crippen molar-refractivity contribution in [3.05, 3.63) is 231 Å². The van der Waals surface area contributed by atoms with Gasteiger partial charge in [-0.1, -0.05) is 108 Å². The highest BCUT2D eigenvalue weighted by atomic mass is 16.6. The third-order valence-corrected chi connectivity index (χ3v) is 19.3. The fraction of sp³-hybridized carbons (Fsp3) is 0.318. The van der Waals surface area contributed by atoms with Gasteiger partial charge in [0.2, 0.25) is 5.43 Å². The van der Waals surface area contributed by atoms with Crippen LogP contribution in [0, 0.1) is 25.7 Å². The summed E-state index contributed by atoms with van der Waals surface area (Å²) >= 11 is 0. The number of carboxylic acid groups (broad SMARTS) is 1. The number of ether oxygens (including phenoxy) is 10. The molecule has 7 N–H and O–H groups in total. The Kier molecular flexibility index (Phi) is 25.7. The molecule has 22 heteroatoms. The molecular formula is C85H91N7O15. The van der Waals surface area contributed by atoms with E-state index < -0.39 is 11.4 Å². The molecule has 4 fully saturated rings. The van der Waals surface area contributed by atoms with E-state index in [0.717, 1.165) is 131 Å². The van der Waals surface area contributed by atoms with Gasteiger partial charge in [-0.3, -0.25) is 14.4 Å². The molecule has 0 unspecified atom stereocenters. The summed E-state index contributed by atoms with van der Waals surface area (Å²) in [4.78, 5) is 60.5. The average molecular weight is 1450 g/mol. The topological polar surface area (TPSA) is 295 Å². The number of hydrogen-bond donors (Lipinski definition) is 4. The zero-order valence-electron chi connectivity index (χ0n) is 60.7. The summed E-state index contributed by atoms with van der Waals surface area (Å²) in [6.45, 7) is 12.5. The molecule has 0 amide bonds. The number of aromatic carboxylic acids is 1. The van der Waals surface area contributed by atoms with Gasteiger partial charge in [0.25, 0.3) is 0 Å². The van der Waals surface area contributed by atoms with E-state index in [9.17, 15) is 24.3 Å². The number of pyridine rings is 4. The first-order chi connectivity index (χ1) is 52.0. The number of nitrogen functional groups attached to an aromatic ring is 3. The maximum Gasteiger partial charge on any atom is 0.341 e. The molecule has 2 atom stereocenters. The number of benzene rings is 6. The predicted molar refractivity (Wildman–Crippen MR) is 412 cm³/mol. The Morgan fingerprint density at radius 2 is 0.860 bits per heavy atom. The minimum Gasteiger partial charge on any atom is -0.493 e. The van der Waals surface area contributed by atoms with Gasteiger partial charge in [0.05, 0.1) is 59.4 Å². The second-order valence-corrected chi connectivity index (χ2v) is 27.1. The van der Waals surface area contributed by atoms with Gasteiger partial charge in [-0.25, -0.2) is 14.8 Å². The number of nitrogens with zero attached hydrogens (tertiary/aromatic N) is 4. The zero-order valence-corrected chi connectivity index (χ0v) is 60.7. The summed E-state index contributed by atoms with van der Waals surface area (Å²) in [6, 6.07) is 46.1. The molecule has 4 aromatic heterocycles. The van der Waals surface area contributed by atoms with E-state index in [1.807, 2.05) is 175 Å². The number of anilines is 3. The first-order valence-corrected chi connectivity index (χ1v) is 36.0. The zero-order chi connectivity index (χ0) is 74.8. The minimum absolute atomic E-state index is 0.0769. The van der Waals surface area contributed by atoms with E-state index >= 15 is 0 Å². The Morgan fingerprint density at radius 1 is 0.458 bits per heavy atom. The van der Waals surface area contributed by atoms with E-state index in [4.69, 9.17) is 64.6 Å². The first kappa shape index (κ1) is 75.7. The van der Waals surface area contributed by atoms with Gasteiger partial charge in [-0.05, 0) is 139 Å². The molecule has 4 saturated heterocycles. The van der Waals surface area contributed by atoms with Gasteiger partial charge >= 0.3 is 5.97 Å². The molecule has 4 aliphatic heterocycles. The summed E-state index contributed by atoms with van der Waals surface area (Å²) in [7, 11) is 3.22. The smallest absolute Gasteiger partial charge is 0.341 e. The first-order valence-electron chi connectivity index (χ1n) is 36.0. The molecule has 0 bridgehead atoms. The summed E-state index contributed by atoms with van der Waals surface area (Å²) in [5.74, 6) is 2.79. The minimum atomic E-state index is -1.19. The Hall–Kier alpha value is -11.0. The molecular weight excluding hydrogens is 1360 g/mol. The standard InChI is InChI=1S/C43H45N3O7.C23H25N3O4.C19H21NO4/c1-28-3-7-32(8-4-28)37-24-46(23-30-13-15-50-16-14-30)25-38(42(37)48)39(47)19-29-5-9-31(10-6-29)36-20-34(22-45-43(36)44)33-11-12-40(41(21-33)49-2)53-27-35-26-51-17-18-52-35;1-27-22-11-16(4-7-21(22)30-14-19-13-28-8-9-29-19)17-10-20(23(25)26-12-17)15-2-5-18(24)6-3-15;1-13-2-4-15(5-3-13)16-11-20(10-14-6-8-24-9-7-14)12-17(18(16)21)19(22)23/h3-12,20-22,24-25,30,35H,13-19,23,26-27H2,1-2H3,(H2,44,45);2-7,10-12,19H,8-9,13-14,24H2,1H3,(H2,25,26);2-5,11-12,14H,6-10H2,1H3,(H,22,23)/t35-;19-;/m11./s1. The number of rotatable bonds is 22. The normalized spacial score (nSPS) is 16.1. The maximum absolute atomic E-state index is 13.8. The summed E-state index contributed by atoms with van der Waals surface area (Å²) in [5, 5.41) is 9.38. The molecule has 14 rings (SSSR count). The van der Waals surface area contributed by atoms with Crippen molar-refractivity contribution in [2.45, 2.75) is 71.2 Å². The fourth-order valence-corrected chi connectivity index (χ4v) is 13.2. The van der Waals surface area contributed by atoms with Crippen LogP contribution in [0.15, 0.2) is 192 Å². The summed E-state index contributed by atoms with van der Waals surface area (Å²) in [6.07, 6.45) is 14.0. The number of methoxy groups -OCH3 is 2. The molecule has 22 nitrogen and oxygen atoms in total. The van der Waals surface area contributed by atoms with Gasteiger partial charge in [0.1, 0.15) is 42.6 Å². The highest BCUT2D eigenvalue weighted by Gasteiger charge is 2.24. The van der Waals surface area contributed by atoms with E-state index in [0.29, 0.717) is 123 Å². The number of carbonyl (C=O) groups excluding carboxylic acids is 1. The van der Waals surface area contributed by atoms with Crippen molar-refractivity contribution in [1.29, 1.82) is 0 Å². The Morgan fingerprint density at radius 3 is 1.28 bits per heavy atom. The van der Waals surface area contributed by atoms with Crippen LogP contribution in [0.3, 0.4) is 0 Å². The Bertz CT molecular complexity index is 4790. The lowest BCUT2D eigenvalue weighted by molar-refractivity contribution is -0.101. The van der Waals surface area contributed by atoms with Gasteiger partial charge in [-0.15, -0.1) is 0 Å². The van der Waals surface area contributed by atoms with Crippen LogP contribution in [-0.4, -0.2) is 142 Å².